The van der Waals surface area contributed by atoms with Crippen molar-refractivity contribution >= 4 is 23.6 Å². The lowest BCUT2D eigenvalue weighted by molar-refractivity contribution is -0.147. The van der Waals surface area contributed by atoms with Crippen LogP contribution in [0.15, 0.2) is 18.2 Å². The van der Waals surface area contributed by atoms with E-state index in [2.05, 4.69) is 0 Å². The maximum Gasteiger partial charge on any atom is 0.329 e. The van der Waals surface area contributed by atoms with Crippen LogP contribution in [0.3, 0.4) is 0 Å². The molecule has 0 radical (unpaired) electrons. The molecule has 1 amide bonds. The second-order valence-electron chi connectivity index (χ2n) is 4.82. The van der Waals surface area contributed by atoms with Crippen LogP contribution in [0.2, 0.25) is 0 Å². The molecule has 2 rings (SSSR count). The molecule has 1 aromatic rings. The van der Waals surface area contributed by atoms with Crippen molar-refractivity contribution in [1.82, 2.24) is 4.90 Å². The molecule has 1 aliphatic rings. The maximum absolute atomic E-state index is 13.9. The van der Waals surface area contributed by atoms with Gasteiger partial charge < -0.3 is 9.64 Å². The van der Waals surface area contributed by atoms with Crippen LogP contribution in [0.1, 0.15) is 22.8 Å². The number of ether oxygens (including phenoxy) is 1. The number of benzene rings is 1. The van der Waals surface area contributed by atoms with E-state index in [1.54, 1.807) is 31.7 Å². The van der Waals surface area contributed by atoms with Gasteiger partial charge in [-0.3, -0.25) is 4.79 Å². The highest BCUT2D eigenvalue weighted by atomic mass is 32.2. The van der Waals surface area contributed by atoms with Crippen molar-refractivity contribution in [3.63, 3.8) is 0 Å². The third-order valence-corrected chi connectivity index (χ3v) is 4.32. The van der Waals surface area contributed by atoms with Crippen LogP contribution in [0.25, 0.3) is 0 Å². The number of hydrogen-bond donors (Lipinski definition) is 0. The molecule has 6 heteroatoms. The van der Waals surface area contributed by atoms with Gasteiger partial charge >= 0.3 is 5.97 Å². The number of amides is 1. The zero-order chi connectivity index (χ0) is 15.4. The van der Waals surface area contributed by atoms with Crippen LogP contribution in [0, 0.1) is 12.7 Å². The molecule has 114 valence electrons. The maximum atomic E-state index is 13.9. The van der Waals surface area contributed by atoms with Gasteiger partial charge in [-0.05, 0) is 26.0 Å². The molecule has 0 saturated carbocycles. The van der Waals surface area contributed by atoms with Gasteiger partial charge in [-0.25, -0.2) is 9.18 Å². The Morgan fingerprint density at radius 1 is 1.48 bits per heavy atom. The van der Waals surface area contributed by atoms with Crippen molar-refractivity contribution in [3.05, 3.63) is 35.1 Å². The number of rotatable bonds is 3. The third kappa shape index (κ3) is 3.56. The Kier molecular flexibility index (Phi) is 5.22. The third-order valence-electron chi connectivity index (χ3n) is 3.30. The monoisotopic (exact) mass is 311 g/mol. The number of esters is 1. The first-order valence-corrected chi connectivity index (χ1v) is 8.01. The molecule has 1 heterocycles. The smallest absolute Gasteiger partial charge is 0.329 e. The Morgan fingerprint density at radius 3 is 2.95 bits per heavy atom. The van der Waals surface area contributed by atoms with Gasteiger partial charge in [0.2, 0.25) is 0 Å². The van der Waals surface area contributed by atoms with Gasteiger partial charge in [0.05, 0.1) is 12.2 Å². The molecule has 1 unspecified atom stereocenters. The van der Waals surface area contributed by atoms with E-state index >= 15 is 0 Å². The van der Waals surface area contributed by atoms with Gasteiger partial charge in [-0.2, -0.15) is 11.8 Å². The summed E-state index contributed by atoms with van der Waals surface area (Å²) in [5, 5.41) is 0. The van der Waals surface area contributed by atoms with E-state index in [-0.39, 0.29) is 12.2 Å². The van der Waals surface area contributed by atoms with Gasteiger partial charge in [0, 0.05) is 18.1 Å². The molecule has 0 N–H and O–H groups in total. The Hall–Kier alpha value is -1.56. The van der Waals surface area contributed by atoms with Crippen LogP contribution >= 0.6 is 11.8 Å². The van der Waals surface area contributed by atoms with E-state index < -0.39 is 23.7 Å². The number of carbonyl (C=O) groups excluding carboxylic acids is 2. The lowest BCUT2D eigenvalue weighted by Gasteiger charge is -2.33. The molecule has 21 heavy (non-hydrogen) atoms. The number of thioether (sulfide) groups is 1. The second kappa shape index (κ2) is 6.93. The van der Waals surface area contributed by atoms with Crippen molar-refractivity contribution in [1.29, 1.82) is 0 Å². The highest BCUT2D eigenvalue weighted by molar-refractivity contribution is 7.99. The van der Waals surface area contributed by atoms with Gasteiger partial charge in [-0.1, -0.05) is 11.6 Å². The van der Waals surface area contributed by atoms with Gasteiger partial charge in [0.1, 0.15) is 11.9 Å². The number of halogens is 1. The molecule has 1 saturated heterocycles. The normalized spacial score (nSPS) is 18.4. The van der Waals surface area contributed by atoms with E-state index in [1.165, 1.54) is 17.0 Å². The predicted octanol–water partition coefficient (Wildman–Crippen LogP) is 2.25. The molecule has 1 fully saturated rings. The molecule has 1 aliphatic heterocycles. The minimum absolute atomic E-state index is 0.0104. The van der Waals surface area contributed by atoms with Crippen LogP contribution in [-0.2, 0) is 9.53 Å². The van der Waals surface area contributed by atoms with E-state index in [4.69, 9.17) is 4.74 Å². The fourth-order valence-corrected chi connectivity index (χ4v) is 3.27. The quantitative estimate of drug-likeness (QED) is 0.803. The molecule has 0 aliphatic carbocycles. The van der Waals surface area contributed by atoms with E-state index in [9.17, 15) is 14.0 Å². The van der Waals surface area contributed by atoms with Crippen molar-refractivity contribution in [2.45, 2.75) is 19.9 Å². The summed E-state index contributed by atoms with van der Waals surface area (Å²) in [6, 6.07) is 3.76. The molecule has 4 nitrogen and oxygen atoms in total. The molecular weight excluding hydrogens is 293 g/mol. The van der Waals surface area contributed by atoms with Crippen molar-refractivity contribution < 1.29 is 18.7 Å². The number of nitrogens with zero attached hydrogens (tertiary/aromatic N) is 1. The second-order valence-corrected chi connectivity index (χ2v) is 5.97. The SMILES string of the molecule is CCOC(=O)C1CSCCN1C(=O)c1cc(C)ccc1F. The van der Waals surface area contributed by atoms with E-state index in [0.29, 0.717) is 12.3 Å². The van der Waals surface area contributed by atoms with Crippen LogP contribution in [-0.4, -0.2) is 47.5 Å². The first kappa shape index (κ1) is 15.8. The summed E-state index contributed by atoms with van der Waals surface area (Å²) in [7, 11) is 0. The highest BCUT2D eigenvalue weighted by Crippen LogP contribution is 2.22. The van der Waals surface area contributed by atoms with E-state index in [0.717, 1.165) is 11.3 Å². The molecule has 1 atom stereocenters. The Bertz CT molecular complexity index is 550. The minimum atomic E-state index is -0.642. The standard InChI is InChI=1S/C15H18FNO3S/c1-3-20-15(19)13-9-21-7-6-17(13)14(18)11-8-10(2)4-5-12(11)16/h4-5,8,13H,3,6-7,9H2,1-2H3. The molecule has 0 bridgehead atoms. The average molecular weight is 311 g/mol. The first-order valence-electron chi connectivity index (χ1n) is 6.86. The molecular formula is C15H18FNO3S. The van der Waals surface area contributed by atoms with Crippen molar-refractivity contribution in [2.75, 3.05) is 24.7 Å². The number of hydrogen-bond acceptors (Lipinski definition) is 4. The highest BCUT2D eigenvalue weighted by Gasteiger charge is 2.34. The number of carbonyl (C=O) groups is 2. The summed E-state index contributed by atoms with van der Waals surface area (Å²) in [5.41, 5.74) is 0.815. The summed E-state index contributed by atoms with van der Waals surface area (Å²) in [4.78, 5) is 26.0. The molecule has 0 spiro atoms. The first-order chi connectivity index (χ1) is 10.0. The number of aryl methyl sites for hydroxylation is 1. The largest absolute Gasteiger partial charge is 0.464 e. The summed E-state index contributed by atoms with van der Waals surface area (Å²) < 4.78 is 18.9. The lowest BCUT2D eigenvalue weighted by Crippen LogP contribution is -2.51. The summed E-state index contributed by atoms with van der Waals surface area (Å²) >= 11 is 1.59. The van der Waals surface area contributed by atoms with E-state index in [1.807, 2.05) is 0 Å². The molecule has 0 aromatic heterocycles. The van der Waals surface area contributed by atoms with Gasteiger partial charge in [0.15, 0.2) is 0 Å². The summed E-state index contributed by atoms with van der Waals surface area (Å²) in [6.45, 7) is 4.20. The summed E-state index contributed by atoms with van der Waals surface area (Å²) in [6.07, 6.45) is 0. The summed E-state index contributed by atoms with van der Waals surface area (Å²) in [5.74, 6) is -0.223. The average Bonchev–Trinajstić information content (AvgIpc) is 2.49. The van der Waals surface area contributed by atoms with Crippen molar-refractivity contribution in [2.24, 2.45) is 0 Å². The fraction of sp³-hybridized carbons (Fsp3) is 0.467. The van der Waals surface area contributed by atoms with Crippen molar-refractivity contribution in [3.8, 4) is 0 Å². The van der Waals surface area contributed by atoms with Crippen LogP contribution < -0.4 is 0 Å². The lowest BCUT2D eigenvalue weighted by atomic mass is 10.1. The zero-order valence-corrected chi connectivity index (χ0v) is 12.9. The predicted molar refractivity (Wildman–Crippen MR) is 79.9 cm³/mol. The minimum Gasteiger partial charge on any atom is -0.464 e. The Labute approximate surface area is 127 Å². The van der Waals surface area contributed by atoms with Crippen LogP contribution in [0.4, 0.5) is 4.39 Å². The Morgan fingerprint density at radius 2 is 2.24 bits per heavy atom. The zero-order valence-electron chi connectivity index (χ0n) is 12.1. The van der Waals surface area contributed by atoms with Crippen LogP contribution in [0.5, 0.6) is 0 Å². The molecule has 1 aromatic carbocycles. The Balaban J connectivity index is 2.26. The van der Waals surface area contributed by atoms with Gasteiger partial charge in [-0.15, -0.1) is 0 Å². The fourth-order valence-electron chi connectivity index (χ4n) is 2.24. The topological polar surface area (TPSA) is 46.6 Å². The van der Waals surface area contributed by atoms with Gasteiger partial charge in [0.25, 0.3) is 5.91 Å².